The zero-order chi connectivity index (χ0) is 16.1. The molecule has 4 heteroatoms. The van der Waals surface area contributed by atoms with Gasteiger partial charge in [0.25, 0.3) is 0 Å². The number of hydrogen-bond acceptors (Lipinski definition) is 2. The molecule has 5 rings (SSSR count). The van der Waals surface area contributed by atoms with Crippen molar-refractivity contribution in [2.75, 3.05) is 0 Å². The number of halogens is 1. The lowest BCUT2D eigenvalue weighted by atomic mass is 10.1. The molecule has 3 aromatic heterocycles. The van der Waals surface area contributed by atoms with Crippen molar-refractivity contribution >= 4 is 27.6 Å². The fraction of sp³-hybridized carbons (Fsp3) is 0. The molecule has 0 saturated carbocycles. The van der Waals surface area contributed by atoms with E-state index in [1.54, 1.807) is 12.1 Å². The van der Waals surface area contributed by atoms with E-state index in [2.05, 4.69) is 0 Å². The first-order chi connectivity index (χ1) is 11.8. The van der Waals surface area contributed by atoms with Crippen molar-refractivity contribution in [3.63, 3.8) is 0 Å². The lowest BCUT2D eigenvalue weighted by molar-refractivity contribution is 0.628. The SMILES string of the molecule is Fc1ccc(-c2nc3ccccc3c3nc4ccccn4c23)cc1. The highest BCUT2D eigenvalue weighted by atomic mass is 19.1. The maximum Gasteiger partial charge on any atom is 0.137 e. The molecule has 0 radical (unpaired) electrons. The first-order valence-corrected chi connectivity index (χ1v) is 7.73. The largest absolute Gasteiger partial charge is 0.298 e. The van der Waals surface area contributed by atoms with Crippen LogP contribution >= 0.6 is 0 Å². The van der Waals surface area contributed by atoms with Crippen molar-refractivity contribution in [1.82, 2.24) is 14.4 Å². The number of hydrogen-bond donors (Lipinski definition) is 0. The summed E-state index contributed by atoms with van der Waals surface area (Å²) in [6, 6.07) is 20.3. The summed E-state index contributed by atoms with van der Waals surface area (Å²) in [5.41, 5.74) is 5.28. The molecule has 3 heterocycles. The van der Waals surface area contributed by atoms with E-state index in [9.17, 15) is 4.39 Å². The molecule has 2 aromatic carbocycles. The number of para-hydroxylation sites is 1. The van der Waals surface area contributed by atoms with Crippen LogP contribution in [0.4, 0.5) is 4.39 Å². The monoisotopic (exact) mass is 313 g/mol. The van der Waals surface area contributed by atoms with Gasteiger partial charge in [0.2, 0.25) is 0 Å². The average Bonchev–Trinajstić information content (AvgIpc) is 3.02. The summed E-state index contributed by atoms with van der Waals surface area (Å²) < 4.78 is 15.4. The van der Waals surface area contributed by atoms with E-state index in [1.165, 1.54) is 12.1 Å². The van der Waals surface area contributed by atoms with E-state index in [1.807, 2.05) is 53.1 Å². The zero-order valence-electron chi connectivity index (χ0n) is 12.6. The van der Waals surface area contributed by atoms with E-state index >= 15 is 0 Å². The van der Waals surface area contributed by atoms with Crippen LogP contribution in [-0.4, -0.2) is 14.4 Å². The molecule has 0 aliphatic carbocycles. The standard InChI is InChI=1S/C20H12FN3/c21-14-10-8-13(9-11-14)18-20-19(15-5-1-2-6-16(15)22-18)23-17-7-3-4-12-24(17)20/h1-12H. The molecule has 24 heavy (non-hydrogen) atoms. The molecular formula is C20H12FN3. The van der Waals surface area contributed by atoms with Crippen LogP contribution in [-0.2, 0) is 0 Å². The number of nitrogens with zero attached hydrogens (tertiary/aromatic N) is 3. The van der Waals surface area contributed by atoms with Crippen LogP contribution in [0.3, 0.4) is 0 Å². The normalized spacial score (nSPS) is 11.5. The smallest absolute Gasteiger partial charge is 0.137 e. The number of benzene rings is 2. The number of rotatable bonds is 1. The predicted octanol–water partition coefficient (Wildman–Crippen LogP) is 4.84. The van der Waals surface area contributed by atoms with Gasteiger partial charge in [0.15, 0.2) is 0 Å². The molecular weight excluding hydrogens is 301 g/mol. The Bertz CT molecular complexity index is 1210. The van der Waals surface area contributed by atoms with Crippen LogP contribution in [0.2, 0.25) is 0 Å². The minimum atomic E-state index is -0.256. The molecule has 0 unspecified atom stereocenters. The Morgan fingerprint density at radius 1 is 0.792 bits per heavy atom. The van der Waals surface area contributed by atoms with Crippen LogP contribution < -0.4 is 0 Å². The molecule has 0 spiro atoms. The summed E-state index contributed by atoms with van der Waals surface area (Å²) in [4.78, 5) is 9.64. The van der Waals surface area contributed by atoms with Gasteiger partial charge in [-0.1, -0.05) is 24.3 Å². The highest BCUT2D eigenvalue weighted by Gasteiger charge is 2.15. The Hall–Kier alpha value is -3.27. The van der Waals surface area contributed by atoms with Gasteiger partial charge in [-0.25, -0.2) is 14.4 Å². The van der Waals surface area contributed by atoms with E-state index in [0.29, 0.717) is 0 Å². The summed E-state index contributed by atoms with van der Waals surface area (Å²) >= 11 is 0. The molecule has 0 bridgehead atoms. The van der Waals surface area contributed by atoms with Gasteiger partial charge in [0.1, 0.15) is 17.0 Å². The second-order valence-electron chi connectivity index (χ2n) is 5.72. The molecule has 3 nitrogen and oxygen atoms in total. The number of pyridine rings is 2. The third-order valence-electron chi connectivity index (χ3n) is 4.26. The fourth-order valence-electron chi connectivity index (χ4n) is 3.16. The molecule has 114 valence electrons. The van der Waals surface area contributed by atoms with Crippen molar-refractivity contribution in [2.24, 2.45) is 0 Å². The van der Waals surface area contributed by atoms with E-state index < -0.39 is 0 Å². The van der Waals surface area contributed by atoms with E-state index in [4.69, 9.17) is 9.97 Å². The van der Waals surface area contributed by atoms with Crippen LogP contribution in [0.5, 0.6) is 0 Å². The molecule has 0 fully saturated rings. The highest BCUT2D eigenvalue weighted by molar-refractivity contribution is 6.08. The molecule has 5 aromatic rings. The highest BCUT2D eigenvalue weighted by Crippen LogP contribution is 2.32. The van der Waals surface area contributed by atoms with Gasteiger partial charge < -0.3 is 0 Å². The summed E-state index contributed by atoms with van der Waals surface area (Å²) in [6.07, 6.45) is 1.98. The molecule has 0 aliphatic heterocycles. The second kappa shape index (κ2) is 4.86. The number of aromatic nitrogens is 3. The Labute approximate surface area is 137 Å². The number of fused-ring (bicyclic) bond motifs is 5. The van der Waals surface area contributed by atoms with Crippen LogP contribution in [0, 0.1) is 5.82 Å². The molecule has 0 saturated heterocycles. The van der Waals surface area contributed by atoms with Gasteiger partial charge in [-0.05, 0) is 42.5 Å². The van der Waals surface area contributed by atoms with Crippen molar-refractivity contribution in [1.29, 1.82) is 0 Å². The third-order valence-corrected chi connectivity index (χ3v) is 4.26. The number of imidazole rings is 1. The van der Waals surface area contributed by atoms with Gasteiger partial charge in [-0.3, -0.25) is 4.40 Å². The van der Waals surface area contributed by atoms with Crippen LogP contribution in [0.1, 0.15) is 0 Å². The Morgan fingerprint density at radius 3 is 2.46 bits per heavy atom. The topological polar surface area (TPSA) is 30.2 Å². The zero-order valence-corrected chi connectivity index (χ0v) is 12.6. The van der Waals surface area contributed by atoms with E-state index in [0.717, 1.165) is 38.8 Å². The minimum absolute atomic E-state index is 0.256. The van der Waals surface area contributed by atoms with Gasteiger partial charge in [-0.15, -0.1) is 0 Å². The van der Waals surface area contributed by atoms with Crippen LogP contribution in [0.25, 0.3) is 38.8 Å². The lowest BCUT2D eigenvalue weighted by Crippen LogP contribution is -1.92. The fourth-order valence-corrected chi connectivity index (χ4v) is 3.16. The van der Waals surface area contributed by atoms with Crippen molar-refractivity contribution < 1.29 is 4.39 Å². The first kappa shape index (κ1) is 13.2. The minimum Gasteiger partial charge on any atom is -0.298 e. The second-order valence-corrected chi connectivity index (χ2v) is 5.72. The summed E-state index contributed by atoms with van der Waals surface area (Å²) in [6.45, 7) is 0. The van der Waals surface area contributed by atoms with E-state index in [-0.39, 0.29) is 5.82 Å². The van der Waals surface area contributed by atoms with Crippen molar-refractivity contribution in [3.8, 4) is 11.3 Å². The van der Waals surface area contributed by atoms with Gasteiger partial charge >= 0.3 is 0 Å². The quantitative estimate of drug-likeness (QED) is 0.443. The van der Waals surface area contributed by atoms with Gasteiger partial charge in [0.05, 0.1) is 16.7 Å². The summed E-state index contributed by atoms with van der Waals surface area (Å²) in [5.74, 6) is -0.256. The molecule has 0 amide bonds. The molecule has 0 atom stereocenters. The Balaban J connectivity index is 2.01. The molecule has 0 N–H and O–H groups in total. The third kappa shape index (κ3) is 1.83. The first-order valence-electron chi connectivity index (χ1n) is 7.73. The maximum absolute atomic E-state index is 13.3. The van der Waals surface area contributed by atoms with Gasteiger partial charge in [-0.2, -0.15) is 0 Å². The van der Waals surface area contributed by atoms with Crippen LogP contribution in [0.15, 0.2) is 72.9 Å². The van der Waals surface area contributed by atoms with Gasteiger partial charge in [0, 0.05) is 17.1 Å². The average molecular weight is 313 g/mol. The lowest BCUT2D eigenvalue weighted by Gasteiger charge is -2.07. The summed E-state index contributed by atoms with van der Waals surface area (Å²) in [5, 5.41) is 1.02. The Kier molecular flexibility index (Phi) is 2.67. The van der Waals surface area contributed by atoms with Crippen molar-refractivity contribution in [3.05, 3.63) is 78.7 Å². The Morgan fingerprint density at radius 2 is 1.58 bits per heavy atom. The molecule has 0 aliphatic rings. The van der Waals surface area contributed by atoms with Crippen molar-refractivity contribution in [2.45, 2.75) is 0 Å². The summed E-state index contributed by atoms with van der Waals surface area (Å²) in [7, 11) is 0. The maximum atomic E-state index is 13.3. The predicted molar refractivity (Wildman–Crippen MR) is 93.4 cm³/mol.